The lowest BCUT2D eigenvalue weighted by molar-refractivity contribution is -0.151. The molecule has 0 aliphatic carbocycles. The number of benzene rings is 2. The van der Waals surface area contributed by atoms with Crippen LogP contribution in [0.4, 0.5) is 13.2 Å². The summed E-state index contributed by atoms with van der Waals surface area (Å²) >= 11 is 5.39. The fourth-order valence-electron chi connectivity index (χ4n) is 2.86. The van der Waals surface area contributed by atoms with Crippen molar-refractivity contribution in [1.82, 2.24) is 19.2 Å². The van der Waals surface area contributed by atoms with Gasteiger partial charge in [0, 0.05) is 19.2 Å². The van der Waals surface area contributed by atoms with Gasteiger partial charge in [-0.2, -0.15) is 18.3 Å². The van der Waals surface area contributed by atoms with Crippen LogP contribution >= 0.6 is 12.2 Å². The van der Waals surface area contributed by atoms with E-state index in [-0.39, 0.29) is 13.2 Å². The molecule has 27 heavy (non-hydrogen) atoms. The average molecular weight is 392 g/mol. The Labute approximate surface area is 160 Å². The average Bonchev–Trinajstić information content (AvgIpc) is 2.90. The number of aromatic nitrogens is 3. The van der Waals surface area contributed by atoms with E-state index in [2.05, 4.69) is 5.10 Å². The molecule has 3 aromatic rings. The summed E-state index contributed by atoms with van der Waals surface area (Å²) < 4.78 is 42.7. The zero-order valence-corrected chi connectivity index (χ0v) is 15.5. The second-order valence-electron chi connectivity index (χ2n) is 6.26. The largest absolute Gasteiger partial charge is 0.401 e. The number of nitrogens with zero attached hydrogens (tertiary/aromatic N) is 4. The summed E-state index contributed by atoms with van der Waals surface area (Å²) in [6.45, 7) is -0.936. The molecule has 2 aromatic carbocycles. The first-order chi connectivity index (χ1) is 12.8. The van der Waals surface area contributed by atoms with Crippen molar-refractivity contribution in [2.75, 3.05) is 6.54 Å². The van der Waals surface area contributed by atoms with Crippen molar-refractivity contribution in [3.8, 4) is 11.4 Å². The molecule has 0 aliphatic heterocycles. The van der Waals surface area contributed by atoms with Crippen molar-refractivity contribution in [2.24, 2.45) is 7.05 Å². The number of rotatable bonds is 6. The normalized spacial score (nSPS) is 11.9. The summed E-state index contributed by atoms with van der Waals surface area (Å²) in [4.78, 5) is 1.28. The van der Waals surface area contributed by atoms with Gasteiger partial charge in [-0.05, 0) is 17.8 Å². The maximum atomic E-state index is 13.1. The molecule has 3 rings (SSSR count). The van der Waals surface area contributed by atoms with E-state index in [0.717, 1.165) is 11.1 Å². The lowest BCUT2D eigenvalue weighted by Crippen LogP contribution is -2.35. The van der Waals surface area contributed by atoms with Crippen molar-refractivity contribution >= 4 is 12.2 Å². The van der Waals surface area contributed by atoms with Gasteiger partial charge in [-0.25, -0.2) is 4.68 Å². The molecule has 0 aliphatic rings. The molecule has 4 nitrogen and oxygen atoms in total. The van der Waals surface area contributed by atoms with Crippen LogP contribution in [-0.4, -0.2) is 32.0 Å². The van der Waals surface area contributed by atoms with Crippen LogP contribution in [0, 0.1) is 4.77 Å². The Morgan fingerprint density at radius 3 is 2.19 bits per heavy atom. The summed E-state index contributed by atoms with van der Waals surface area (Å²) in [6, 6.07) is 18.5. The number of hydrogen-bond donors (Lipinski definition) is 0. The molecule has 0 amide bonds. The highest BCUT2D eigenvalue weighted by molar-refractivity contribution is 7.71. The highest BCUT2D eigenvalue weighted by atomic mass is 32.1. The third-order valence-corrected chi connectivity index (χ3v) is 4.54. The molecule has 1 heterocycles. The van der Waals surface area contributed by atoms with Crippen molar-refractivity contribution in [2.45, 2.75) is 19.4 Å². The molecule has 0 unspecified atom stereocenters. The smallest absolute Gasteiger partial charge is 0.303 e. The van der Waals surface area contributed by atoms with Crippen LogP contribution in [-0.2, 0) is 20.3 Å². The van der Waals surface area contributed by atoms with E-state index >= 15 is 0 Å². The molecule has 0 atom stereocenters. The quantitative estimate of drug-likeness (QED) is 0.572. The molecular formula is C19H19F3N4S. The van der Waals surface area contributed by atoms with Gasteiger partial charge in [0.1, 0.15) is 0 Å². The molecule has 0 radical (unpaired) electrons. The van der Waals surface area contributed by atoms with Crippen LogP contribution in [0.5, 0.6) is 0 Å². The van der Waals surface area contributed by atoms with Gasteiger partial charge >= 0.3 is 6.18 Å². The van der Waals surface area contributed by atoms with Crippen molar-refractivity contribution < 1.29 is 13.2 Å². The van der Waals surface area contributed by atoms with E-state index in [1.165, 1.54) is 9.58 Å². The first kappa shape index (κ1) is 19.3. The highest BCUT2D eigenvalue weighted by Crippen LogP contribution is 2.20. The SMILES string of the molecule is Cn1c(-c2ccccc2)nn(CN(Cc2ccccc2)CC(F)(F)F)c1=S. The van der Waals surface area contributed by atoms with E-state index in [0.29, 0.717) is 10.6 Å². The van der Waals surface area contributed by atoms with Crippen LogP contribution in [0.1, 0.15) is 5.56 Å². The fraction of sp³-hybridized carbons (Fsp3) is 0.263. The standard InChI is InChI=1S/C19H19F3N4S/c1-24-17(16-10-6-3-7-11-16)23-26(18(24)27)14-25(13-19(20,21)22)12-15-8-4-2-5-9-15/h2-11H,12-14H2,1H3. The van der Waals surface area contributed by atoms with Crippen LogP contribution in [0.15, 0.2) is 60.7 Å². The van der Waals surface area contributed by atoms with Crippen molar-refractivity contribution in [1.29, 1.82) is 0 Å². The minimum absolute atomic E-state index is 0.0477. The lowest BCUT2D eigenvalue weighted by atomic mass is 10.2. The molecule has 1 aromatic heterocycles. The first-order valence-corrected chi connectivity index (χ1v) is 8.76. The van der Waals surface area contributed by atoms with E-state index in [1.807, 2.05) is 36.4 Å². The predicted molar refractivity (Wildman–Crippen MR) is 100 cm³/mol. The molecule has 0 spiro atoms. The Morgan fingerprint density at radius 1 is 1.00 bits per heavy atom. The molecule has 0 saturated carbocycles. The molecule has 142 valence electrons. The minimum atomic E-state index is -4.31. The Bertz CT molecular complexity index is 933. The summed E-state index contributed by atoms with van der Waals surface area (Å²) in [7, 11) is 1.76. The summed E-state index contributed by atoms with van der Waals surface area (Å²) in [5, 5.41) is 4.46. The lowest BCUT2D eigenvalue weighted by Gasteiger charge is -2.23. The summed E-state index contributed by atoms with van der Waals surface area (Å²) in [5.74, 6) is 0.618. The van der Waals surface area contributed by atoms with Gasteiger partial charge in [-0.1, -0.05) is 60.7 Å². The van der Waals surface area contributed by atoms with E-state index in [4.69, 9.17) is 12.2 Å². The maximum Gasteiger partial charge on any atom is 0.401 e. The zero-order valence-electron chi connectivity index (χ0n) is 14.7. The van der Waals surface area contributed by atoms with E-state index < -0.39 is 12.7 Å². The van der Waals surface area contributed by atoms with Gasteiger partial charge in [-0.15, -0.1) is 0 Å². The van der Waals surface area contributed by atoms with Gasteiger partial charge in [0.2, 0.25) is 0 Å². The number of halogens is 3. The second kappa shape index (κ2) is 8.06. The fourth-order valence-corrected chi connectivity index (χ4v) is 3.04. The summed E-state index contributed by atoms with van der Waals surface area (Å²) in [6.07, 6.45) is -4.31. The third kappa shape index (κ3) is 5.05. The zero-order chi connectivity index (χ0) is 19.4. The molecule has 0 bridgehead atoms. The maximum absolute atomic E-state index is 13.1. The van der Waals surface area contributed by atoms with Gasteiger partial charge in [-0.3, -0.25) is 4.90 Å². The van der Waals surface area contributed by atoms with Gasteiger partial charge < -0.3 is 4.57 Å². The number of alkyl halides is 3. The van der Waals surface area contributed by atoms with Crippen LogP contribution in [0.3, 0.4) is 0 Å². The van der Waals surface area contributed by atoms with Gasteiger partial charge in [0.05, 0.1) is 13.2 Å². The molecule has 0 fully saturated rings. The van der Waals surface area contributed by atoms with Gasteiger partial charge in [0.15, 0.2) is 10.6 Å². The Kier molecular flexibility index (Phi) is 5.76. The molecule has 0 N–H and O–H groups in total. The monoisotopic (exact) mass is 392 g/mol. The van der Waals surface area contributed by atoms with E-state index in [1.54, 1.807) is 35.9 Å². The first-order valence-electron chi connectivity index (χ1n) is 8.36. The highest BCUT2D eigenvalue weighted by Gasteiger charge is 2.31. The Balaban J connectivity index is 1.88. The molecular weight excluding hydrogens is 373 g/mol. The van der Waals surface area contributed by atoms with Crippen LogP contribution in [0.25, 0.3) is 11.4 Å². The summed E-state index contributed by atoms with van der Waals surface area (Å²) in [5.41, 5.74) is 1.66. The Morgan fingerprint density at radius 2 is 1.59 bits per heavy atom. The minimum Gasteiger partial charge on any atom is -0.303 e. The predicted octanol–water partition coefficient (Wildman–Crippen LogP) is 4.64. The second-order valence-corrected chi connectivity index (χ2v) is 6.63. The number of hydrogen-bond acceptors (Lipinski definition) is 3. The van der Waals surface area contributed by atoms with E-state index in [9.17, 15) is 13.2 Å². The van der Waals surface area contributed by atoms with Gasteiger partial charge in [0.25, 0.3) is 0 Å². The van der Waals surface area contributed by atoms with Crippen LogP contribution in [0.2, 0.25) is 0 Å². The van der Waals surface area contributed by atoms with Crippen molar-refractivity contribution in [3.63, 3.8) is 0 Å². The third-order valence-electron chi connectivity index (χ3n) is 4.06. The Hall–Kier alpha value is -2.45. The molecule has 8 heteroatoms. The topological polar surface area (TPSA) is 26.0 Å². The van der Waals surface area contributed by atoms with Crippen molar-refractivity contribution in [3.05, 3.63) is 71.0 Å². The molecule has 0 saturated heterocycles. The van der Waals surface area contributed by atoms with Crippen LogP contribution < -0.4 is 0 Å².